The minimum atomic E-state index is -0.425. The Labute approximate surface area is 133 Å². The third-order valence-corrected chi connectivity index (χ3v) is 3.36. The number of ether oxygens (including phenoxy) is 1. The molecule has 114 valence electrons. The Balaban J connectivity index is 1.86. The number of para-hydroxylation sites is 1. The molecule has 3 rings (SSSR count). The number of carbonyl (C=O) groups excluding carboxylic acids is 2. The van der Waals surface area contributed by atoms with E-state index < -0.39 is 11.8 Å². The topological polar surface area (TPSA) is 59.0 Å². The van der Waals surface area contributed by atoms with Crippen LogP contribution in [-0.2, 0) is 0 Å². The third-order valence-electron chi connectivity index (χ3n) is 3.36. The van der Waals surface area contributed by atoms with Crippen molar-refractivity contribution in [3.63, 3.8) is 0 Å². The predicted octanol–water partition coefficient (Wildman–Crippen LogP) is 2.88. The maximum absolute atomic E-state index is 12.2. The molecule has 0 unspecified atom stereocenters. The summed E-state index contributed by atoms with van der Waals surface area (Å²) < 4.78 is 5.52. The molecule has 2 aromatic rings. The third kappa shape index (κ3) is 2.76. The van der Waals surface area contributed by atoms with Crippen LogP contribution in [0, 0.1) is 0 Å². The van der Waals surface area contributed by atoms with Crippen LogP contribution in [0.3, 0.4) is 0 Å². The maximum Gasteiger partial charge on any atom is 0.282 e. The lowest BCUT2D eigenvalue weighted by Crippen LogP contribution is -2.24. The van der Waals surface area contributed by atoms with Gasteiger partial charge in [-0.3, -0.25) is 9.59 Å². The molecule has 0 fully saturated rings. The van der Waals surface area contributed by atoms with Gasteiger partial charge >= 0.3 is 0 Å². The molecule has 0 spiro atoms. The van der Waals surface area contributed by atoms with Crippen LogP contribution in [-0.4, -0.2) is 29.6 Å². The van der Waals surface area contributed by atoms with E-state index in [0.29, 0.717) is 29.0 Å². The van der Waals surface area contributed by atoms with Crippen molar-refractivity contribution < 1.29 is 14.3 Å². The van der Waals surface area contributed by atoms with Crippen molar-refractivity contribution in [2.24, 2.45) is 5.10 Å². The number of fused-ring (bicyclic) bond motifs is 1. The van der Waals surface area contributed by atoms with Gasteiger partial charge in [0, 0.05) is 5.56 Å². The van der Waals surface area contributed by atoms with Gasteiger partial charge in [-0.05, 0) is 24.3 Å². The van der Waals surface area contributed by atoms with E-state index in [1.54, 1.807) is 42.5 Å². The zero-order chi connectivity index (χ0) is 16.2. The molecule has 0 saturated carbocycles. The van der Waals surface area contributed by atoms with E-state index in [1.807, 2.05) is 12.1 Å². The standard InChI is InChI=1S/C18H14N2O3/c1-2-11-23-16-10-6-3-7-13(16)12-19-20-17(21)14-8-4-5-9-15(14)18(20)22/h2-10,12H,1,11H2/b19-12+. The van der Waals surface area contributed by atoms with Gasteiger partial charge in [-0.15, -0.1) is 0 Å². The van der Waals surface area contributed by atoms with Crippen molar-refractivity contribution in [3.05, 3.63) is 77.9 Å². The van der Waals surface area contributed by atoms with Crippen LogP contribution in [0.4, 0.5) is 0 Å². The Kier molecular flexibility index (Phi) is 4.01. The maximum atomic E-state index is 12.2. The zero-order valence-corrected chi connectivity index (χ0v) is 12.3. The predicted molar refractivity (Wildman–Crippen MR) is 86.7 cm³/mol. The second-order valence-corrected chi connectivity index (χ2v) is 4.85. The summed E-state index contributed by atoms with van der Waals surface area (Å²) in [7, 11) is 0. The summed E-state index contributed by atoms with van der Waals surface area (Å²) in [6.45, 7) is 3.96. The van der Waals surface area contributed by atoms with E-state index in [-0.39, 0.29) is 0 Å². The molecule has 1 aliphatic rings. The van der Waals surface area contributed by atoms with Crippen LogP contribution in [0.15, 0.2) is 66.3 Å². The van der Waals surface area contributed by atoms with Crippen molar-refractivity contribution in [1.29, 1.82) is 0 Å². The van der Waals surface area contributed by atoms with Crippen molar-refractivity contribution in [1.82, 2.24) is 5.01 Å². The minimum Gasteiger partial charge on any atom is -0.489 e. The van der Waals surface area contributed by atoms with Crippen LogP contribution in [0.2, 0.25) is 0 Å². The Morgan fingerprint density at radius 2 is 1.61 bits per heavy atom. The first-order valence-electron chi connectivity index (χ1n) is 7.07. The molecule has 0 atom stereocenters. The minimum absolute atomic E-state index is 0.359. The number of hydrogen-bond acceptors (Lipinski definition) is 4. The normalized spacial score (nSPS) is 13.5. The van der Waals surface area contributed by atoms with Crippen molar-refractivity contribution >= 4 is 18.0 Å². The molecule has 0 aromatic heterocycles. The van der Waals surface area contributed by atoms with Crippen molar-refractivity contribution in [3.8, 4) is 5.75 Å². The van der Waals surface area contributed by atoms with Crippen molar-refractivity contribution in [2.75, 3.05) is 6.61 Å². The number of hydrazone groups is 1. The number of benzene rings is 2. The highest BCUT2D eigenvalue weighted by molar-refractivity contribution is 6.21. The molecule has 2 aromatic carbocycles. The molecule has 1 aliphatic heterocycles. The Morgan fingerprint density at radius 3 is 2.26 bits per heavy atom. The highest BCUT2D eigenvalue weighted by Gasteiger charge is 2.35. The summed E-state index contributed by atoms with van der Waals surface area (Å²) in [6, 6.07) is 13.9. The van der Waals surface area contributed by atoms with E-state index >= 15 is 0 Å². The van der Waals surface area contributed by atoms with Gasteiger partial charge in [0.1, 0.15) is 12.4 Å². The van der Waals surface area contributed by atoms with Crippen LogP contribution in [0.5, 0.6) is 5.75 Å². The SMILES string of the molecule is C=CCOc1ccccc1/C=N/N1C(=O)c2ccccc2C1=O. The fourth-order valence-corrected chi connectivity index (χ4v) is 2.27. The van der Waals surface area contributed by atoms with Gasteiger partial charge < -0.3 is 4.74 Å². The smallest absolute Gasteiger partial charge is 0.282 e. The highest BCUT2D eigenvalue weighted by Crippen LogP contribution is 2.23. The molecule has 0 saturated heterocycles. The summed E-state index contributed by atoms with van der Waals surface area (Å²) in [4.78, 5) is 24.5. The number of imide groups is 1. The number of nitrogens with zero attached hydrogens (tertiary/aromatic N) is 2. The Bertz CT molecular complexity index is 776. The fraction of sp³-hybridized carbons (Fsp3) is 0.0556. The lowest BCUT2D eigenvalue weighted by molar-refractivity contribution is 0.0660. The van der Waals surface area contributed by atoms with E-state index in [0.717, 1.165) is 5.01 Å². The molecule has 0 N–H and O–H groups in total. The zero-order valence-electron chi connectivity index (χ0n) is 12.3. The summed E-state index contributed by atoms with van der Waals surface area (Å²) in [5, 5.41) is 4.91. The number of amides is 2. The number of rotatable bonds is 5. The summed E-state index contributed by atoms with van der Waals surface area (Å²) in [5.41, 5.74) is 1.41. The number of carbonyl (C=O) groups is 2. The van der Waals surface area contributed by atoms with Gasteiger partial charge in [0.05, 0.1) is 17.3 Å². The molecule has 5 heteroatoms. The monoisotopic (exact) mass is 306 g/mol. The fourth-order valence-electron chi connectivity index (χ4n) is 2.27. The van der Waals surface area contributed by atoms with E-state index in [9.17, 15) is 9.59 Å². The molecular weight excluding hydrogens is 292 g/mol. The Hall–Kier alpha value is -3.21. The lowest BCUT2D eigenvalue weighted by Gasteiger charge is -2.08. The molecule has 0 radical (unpaired) electrons. The number of hydrogen-bond donors (Lipinski definition) is 0. The van der Waals surface area contributed by atoms with E-state index in [2.05, 4.69) is 11.7 Å². The van der Waals surface area contributed by atoms with Crippen LogP contribution < -0.4 is 4.74 Å². The molecular formula is C18H14N2O3. The first kappa shape index (κ1) is 14.7. The Morgan fingerprint density at radius 1 is 1.00 bits per heavy atom. The van der Waals surface area contributed by atoms with E-state index in [4.69, 9.17) is 4.74 Å². The van der Waals surface area contributed by atoms with Crippen LogP contribution >= 0.6 is 0 Å². The lowest BCUT2D eigenvalue weighted by atomic mass is 10.1. The molecule has 5 nitrogen and oxygen atoms in total. The molecule has 23 heavy (non-hydrogen) atoms. The largest absolute Gasteiger partial charge is 0.489 e. The van der Waals surface area contributed by atoms with Crippen LogP contribution in [0.1, 0.15) is 26.3 Å². The van der Waals surface area contributed by atoms with Crippen LogP contribution in [0.25, 0.3) is 0 Å². The average Bonchev–Trinajstić information content (AvgIpc) is 2.83. The summed E-state index contributed by atoms with van der Waals surface area (Å²) >= 11 is 0. The molecule has 0 bridgehead atoms. The van der Waals surface area contributed by atoms with Gasteiger partial charge in [-0.2, -0.15) is 10.1 Å². The van der Waals surface area contributed by atoms with Crippen molar-refractivity contribution in [2.45, 2.75) is 0 Å². The summed E-state index contributed by atoms with van der Waals surface area (Å²) in [5.74, 6) is -0.245. The molecule has 1 heterocycles. The van der Waals surface area contributed by atoms with Gasteiger partial charge in [-0.1, -0.05) is 36.9 Å². The van der Waals surface area contributed by atoms with Gasteiger partial charge in [0.15, 0.2) is 0 Å². The second-order valence-electron chi connectivity index (χ2n) is 4.85. The highest BCUT2D eigenvalue weighted by atomic mass is 16.5. The van der Waals surface area contributed by atoms with Gasteiger partial charge in [0.25, 0.3) is 11.8 Å². The second kappa shape index (κ2) is 6.27. The first-order valence-corrected chi connectivity index (χ1v) is 7.07. The molecule has 0 aliphatic carbocycles. The van der Waals surface area contributed by atoms with Gasteiger partial charge in [0.2, 0.25) is 0 Å². The van der Waals surface area contributed by atoms with Gasteiger partial charge in [-0.25, -0.2) is 0 Å². The quantitative estimate of drug-likeness (QED) is 0.485. The average molecular weight is 306 g/mol. The molecule has 2 amide bonds. The van der Waals surface area contributed by atoms with E-state index in [1.165, 1.54) is 6.21 Å². The summed E-state index contributed by atoms with van der Waals surface area (Å²) in [6.07, 6.45) is 3.08. The first-order chi connectivity index (χ1) is 11.2.